The summed E-state index contributed by atoms with van der Waals surface area (Å²) in [5, 5.41) is 0. The lowest BCUT2D eigenvalue weighted by molar-refractivity contribution is -0.135. The Morgan fingerprint density at radius 3 is 2.36 bits per heavy atom. The van der Waals surface area contributed by atoms with Crippen LogP contribution in [0.3, 0.4) is 0 Å². The van der Waals surface area contributed by atoms with Gasteiger partial charge in [0.25, 0.3) is 0 Å². The average molecular weight is 193 g/mol. The zero-order valence-electron chi connectivity index (χ0n) is 8.76. The standard InChI is InChI=1S/C11H15NO2/c1-8-4-9(2)11(10(3)5-8)6-12-14-7-13/h4-5,7,12H,6H2,1-3H3. The fraction of sp³-hybridized carbons (Fsp3) is 0.364. The maximum Gasteiger partial charge on any atom is 0.312 e. The molecule has 0 radical (unpaired) electrons. The fourth-order valence-corrected chi connectivity index (χ4v) is 1.64. The Bertz CT molecular complexity index is 311. The largest absolute Gasteiger partial charge is 0.373 e. The van der Waals surface area contributed by atoms with Crippen molar-refractivity contribution < 1.29 is 9.63 Å². The zero-order chi connectivity index (χ0) is 10.6. The van der Waals surface area contributed by atoms with Crippen LogP contribution in [0, 0.1) is 20.8 Å². The van der Waals surface area contributed by atoms with E-state index in [0.29, 0.717) is 13.0 Å². The molecule has 0 saturated heterocycles. The first-order valence-corrected chi connectivity index (χ1v) is 4.54. The number of carbonyl (C=O) groups is 1. The van der Waals surface area contributed by atoms with Gasteiger partial charge in [-0.25, -0.2) is 0 Å². The summed E-state index contributed by atoms with van der Waals surface area (Å²) in [5.41, 5.74) is 7.44. The molecule has 0 atom stereocenters. The summed E-state index contributed by atoms with van der Waals surface area (Å²) in [6, 6.07) is 4.23. The van der Waals surface area contributed by atoms with E-state index in [2.05, 4.69) is 43.2 Å². The SMILES string of the molecule is Cc1cc(C)c(CNOC=O)c(C)c1. The van der Waals surface area contributed by atoms with Crippen LogP contribution in [0.4, 0.5) is 0 Å². The minimum Gasteiger partial charge on any atom is -0.373 e. The number of carbonyl (C=O) groups excluding carboxylic acids is 1. The maximum atomic E-state index is 9.93. The van der Waals surface area contributed by atoms with Crippen LogP contribution >= 0.6 is 0 Å². The molecular formula is C11H15NO2. The third kappa shape index (κ3) is 2.57. The van der Waals surface area contributed by atoms with Crippen LogP contribution in [-0.2, 0) is 16.2 Å². The molecule has 14 heavy (non-hydrogen) atoms. The number of nitrogens with one attached hydrogen (secondary N) is 1. The van der Waals surface area contributed by atoms with Gasteiger partial charge in [-0.1, -0.05) is 17.7 Å². The number of hydroxylamine groups is 1. The highest BCUT2D eigenvalue weighted by molar-refractivity contribution is 5.38. The lowest BCUT2D eigenvalue weighted by Crippen LogP contribution is -2.14. The summed E-state index contributed by atoms with van der Waals surface area (Å²) in [5.74, 6) is 0. The molecule has 0 aliphatic rings. The summed E-state index contributed by atoms with van der Waals surface area (Å²) in [7, 11) is 0. The van der Waals surface area contributed by atoms with Gasteiger partial charge in [-0.15, -0.1) is 5.48 Å². The Labute approximate surface area is 84.0 Å². The third-order valence-electron chi connectivity index (χ3n) is 2.22. The minimum absolute atomic E-state index is 0.388. The second-order valence-electron chi connectivity index (χ2n) is 3.41. The predicted molar refractivity (Wildman–Crippen MR) is 54.6 cm³/mol. The molecule has 3 nitrogen and oxygen atoms in total. The van der Waals surface area contributed by atoms with Crippen molar-refractivity contribution >= 4 is 6.47 Å². The first-order valence-electron chi connectivity index (χ1n) is 4.54. The van der Waals surface area contributed by atoms with Crippen LogP contribution in [0.15, 0.2) is 12.1 Å². The Balaban J connectivity index is 2.80. The van der Waals surface area contributed by atoms with Crippen molar-refractivity contribution in [2.24, 2.45) is 0 Å². The van der Waals surface area contributed by atoms with Gasteiger partial charge in [0.2, 0.25) is 0 Å². The summed E-state index contributed by atoms with van der Waals surface area (Å²) in [6.45, 7) is 7.12. The molecular weight excluding hydrogens is 178 g/mol. The second kappa shape index (κ2) is 4.77. The smallest absolute Gasteiger partial charge is 0.312 e. The molecule has 1 aromatic rings. The Morgan fingerprint density at radius 2 is 1.86 bits per heavy atom. The molecule has 0 amide bonds. The molecule has 0 fully saturated rings. The van der Waals surface area contributed by atoms with Crippen LogP contribution in [0.1, 0.15) is 22.3 Å². The molecule has 1 rings (SSSR count). The monoisotopic (exact) mass is 193 g/mol. The molecule has 0 aromatic heterocycles. The van der Waals surface area contributed by atoms with Crippen LogP contribution in [-0.4, -0.2) is 6.47 Å². The molecule has 0 aliphatic heterocycles. The molecule has 0 heterocycles. The van der Waals surface area contributed by atoms with Gasteiger partial charge in [-0.05, 0) is 37.5 Å². The third-order valence-corrected chi connectivity index (χ3v) is 2.22. The van der Waals surface area contributed by atoms with E-state index in [0.717, 1.165) is 0 Å². The van der Waals surface area contributed by atoms with Gasteiger partial charge in [-0.2, -0.15) is 0 Å². The lowest BCUT2D eigenvalue weighted by Gasteiger charge is -2.10. The van der Waals surface area contributed by atoms with Gasteiger partial charge in [0.1, 0.15) is 0 Å². The van der Waals surface area contributed by atoms with Crippen molar-refractivity contribution in [3.63, 3.8) is 0 Å². The van der Waals surface area contributed by atoms with Gasteiger partial charge < -0.3 is 4.84 Å². The van der Waals surface area contributed by atoms with E-state index in [-0.39, 0.29) is 0 Å². The van der Waals surface area contributed by atoms with Crippen molar-refractivity contribution in [3.8, 4) is 0 Å². The summed E-state index contributed by atoms with van der Waals surface area (Å²) < 4.78 is 0. The summed E-state index contributed by atoms with van der Waals surface area (Å²) in [4.78, 5) is 14.4. The van der Waals surface area contributed by atoms with Gasteiger partial charge in [0, 0.05) is 0 Å². The van der Waals surface area contributed by atoms with Crippen LogP contribution in [0.25, 0.3) is 0 Å². The number of rotatable bonds is 4. The van der Waals surface area contributed by atoms with E-state index >= 15 is 0 Å². The Morgan fingerprint density at radius 1 is 1.29 bits per heavy atom. The lowest BCUT2D eigenvalue weighted by atomic mass is 10.0. The van der Waals surface area contributed by atoms with E-state index in [9.17, 15) is 4.79 Å². The zero-order valence-corrected chi connectivity index (χ0v) is 8.76. The normalized spacial score (nSPS) is 9.93. The summed E-state index contributed by atoms with van der Waals surface area (Å²) >= 11 is 0. The maximum absolute atomic E-state index is 9.93. The first kappa shape index (κ1) is 10.7. The molecule has 1 aromatic carbocycles. The molecule has 1 N–H and O–H groups in total. The topological polar surface area (TPSA) is 38.3 Å². The van der Waals surface area contributed by atoms with E-state index in [4.69, 9.17) is 0 Å². The second-order valence-corrected chi connectivity index (χ2v) is 3.41. The highest BCUT2D eigenvalue weighted by Crippen LogP contribution is 2.15. The van der Waals surface area contributed by atoms with Gasteiger partial charge in [-0.3, -0.25) is 4.79 Å². The molecule has 3 heteroatoms. The number of hydrogen-bond acceptors (Lipinski definition) is 3. The van der Waals surface area contributed by atoms with Crippen molar-refractivity contribution in [2.45, 2.75) is 27.3 Å². The van der Waals surface area contributed by atoms with E-state index in [1.54, 1.807) is 0 Å². The highest BCUT2D eigenvalue weighted by atomic mass is 16.7. The average Bonchev–Trinajstić information content (AvgIpc) is 2.09. The molecule has 0 saturated carbocycles. The van der Waals surface area contributed by atoms with Crippen molar-refractivity contribution in [3.05, 3.63) is 34.4 Å². The van der Waals surface area contributed by atoms with E-state index < -0.39 is 0 Å². The van der Waals surface area contributed by atoms with E-state index in [1.807, 2.05) is 0 Å². The highest BCUT2D eigenvalue weighted by Gasteiger charge is 2.02. The van der Waals surface area contributed by atoms with Gasteiger partial charge in [0.05, 0.1) is 6.54 Å². The Hall–Kier alpha value is -1.35. The van der Waals surface area contributed by atoms with Crippen molar-refractivity contribution in [2.75, 3.05) is 0 Å². The molecule has 0 bridgehead atoms. The fourth-order valence-electron chi connectivity index (χ4n) is 1.64. The molecule has 0 spiro atoms. The number of hydrogen-bond donors (Lipinski definition) is 1. The minimum atomic E-state index is 0.388. The van der Waals surface area contributed by atoms with Crippen LogP contribution < -0.4 is 5.48 Å². The van der Waals surface area contributed by atoms with Crippen LogP contribution in [0.5, 0.6) is 0 Å². The number of aryl methyl sites for hydroxylation is 3. The molecule has 0 unspecified atom stereocenters. The predicted octanol–water partition coefficient (Wildman–Crippen LogP) is 1.79. The Kier molecular flexibility index (Phi) is 3.65. The van der Waals surface area contributed by atoms with Gasteiger partial charge >= 0.3 is 6.47 Å². The van der Waals surface area contributed by atoms with Gasteiger partial charge in [0.15, 0.2) is 0 Å². The van der Waals surface area contributed by atoms with E-state index in [1.165, 1.54) is 22.3 Å². The van der Waals surface area contributed by atoms with Crippen LogP contribution in [0.2, 0.25) is 0 Å². The first-order chi connectivity index (χ1) is 6.65. The van der Waals surface area contributed by atoms with Crippen molar-refractivity contribution in [1.29, 1.82) is 0 Å². The molecule has 76 valence electrons. The molecule has 0 aliphatic carbocycles. The quantitative estimate of drug-likeness (QED) is 0.450. The van der Waals surface area contributed by atoms with Crippen molar-refractivity contribution in [1.82, 2.24) is 5.48 Å². The summed E-state index contributed by atoms with van der Waals surface area (Å²) in [6.07, 6.45) is 0. The number of benzene rings is 1.